The van der Waals surface area contributed by atoms with E-state index in [1.807, 2.05) is 0 Å². The summed E-state index contributed by atoms with van der Waals surface area (Å²) < 4.78 is 38.2. The highest BCUT2D eigenvalue weighted by molar-refractivity contribution is 7.89. The molecule has 0 radical (unpaired) electrons. The minimum Gasteiger partial charge on any atom is -0.482 e. The van der Waals surface area contributed by atoms with E-state index in [0.29, 0.717) is 49.6 Å². The van der Waals surface area contributed by atoms with Gasteiger partial charge in [0.15, 0.2) is 6.61 Å². The third-order valence-corrected chi connectivity index (χ3v) is 7.89. The molecule has 9 nitrogen and oxygen atoms in total. The number of rotatable bonds is 4. The van der Waals surface area contributed by atoms with Crippen LogP contribution in [0, 0.1) is 11.8 Å². The summed E-state index contributed by atoms with van der Waals surface area (Å²) in [6.07, 6.45) is 1.08. The maximum atomic E-state index is 13.1. The summed E-state index contributed by atoms with van der Waals surface area (Å²) in [4.78, 5) is 28.8. The van der Waals surface area contributed by atoms with Crippen LogP contribution in [0.15, 0.2) is 23.1 Å². The Labute approximate surface area is 182 Å². The summed E-state index contributed by atoms with van der Waals surface area (Å²) in [5.41, 5.74) is 0.317. The largest absolute Gasteiger partial charge is 0.482 e. The van der Waals surface area contributed by atoms with Crippen LogP contribution in [0.1, 0.15) is 20.3 Å². The van der Waals surface area contributed by atoms with E-state index in [2.05, 4.69) is 13.8 Å². The molecule has 0 spiro atoms. The van der Waals surface area contributed by atoms with E-state index >= 15 is 0 Å². The summed E-state index contributed by atoms with van der Waals surface area (Å²) in [6.45, 7) is 6.52. The van der Waals surface area contributed by atoms with E-state index in [1.54, 1.807) is 11.0 Å². The molecule has 2 amide bonds. The van der Waals surface area contributed by atoms with Gasteiger partial charge in [0.25, 0.3) is 5.91 Å². The van der Waals surface area contributed by atoms with Crippen molar-refractivity contribution in [2.24, 2.45) is 11.8 Å². The fourth-order valence-electron chi connectivity index (χ4n) is 4.55. The minimum absolute atomic E-state index is 0.0733. The van der Waals surface area contributed by atoms with Gasteiger partial charge in [-0.05, 0) is 36.5 Å². The highest BCUT2D eigenvalue weighted by Crippen LogP contribution is 2.35. The first-order valence-electron chi connectivity index (χ1n) is 10.7. The van der Waals surface area contributed by atoms with Crippen LogP contribution in [0.5, 0.6) is 5.75 Å². The SMILES string of the molecule is C[C@@H]1C[C@@H](C)CN(C(=O)CN2C(=O)COc3ccc(S(=O)(=O)N4CCOCC4)cc32)C1. The molecule has 3 aliphatic rings. The molecule has 3 heterocycles. The van der Waals surface area contributed by atoms with Gasteiger partial charge >= 0.3 is 0 Å². The molecule has 170 valence electrons. The Bertz CT molecular complexity index is 950. The number of hydrogen-bond donors (Lipinski definition) is 0. The Kier molecular flexibility index (Phi) is 6.23. The molecular formula is C21H29N3O6S. The zero-order valence-corrected chi connectivity index (χ0v) is 18.8. The lowest BCUT2D eigenvalue weighted by atomic mass is 9.92. The number of sulfonamides is 1. The molecule has 10 heteroatoms. The van der Waals surface area contributed by atoms with Gasteiger partial charge in [0, 0.05) is 26.2 Å². The van der Waals surface area contributed by atoms with Crippen molar-refractivity contribution >= 4 is 27.5 Å². The van der Waals surface area contributed by atoms with Crippen molar-refractivity contribution in [2.45, 2.75) is 25.2 Å². The number of nitrogens with zero attached hydrogens (tertiary/aromatic N) is 3. The summed E-state index contributed by atoms with van der Waals surface area (Å²) in [7, 11) is -3.74. The second-order valence-electron chi connectivity index (χ2n) is 8.66. The first-order valence-corrected chi connectivity index (χ1v) is 12.1. The normalized spacial score (nSPS) is 25.2. The number of fused-ring (bicyclic) bond motifs is 1. The van der Waals surface area contributed by atoms with Crippen LogP contribution in [-0.4, -0.2) is 82.0 Å². The molecule has 0 N–H and O–H groups in total. The van der Waals surface area contributed by atoms with E-state index in [-0.39, 0.29) is 43.0 Å². The van der Waals surface area contributed by atoms with Crippen LogP contribution in [0.25, 0.3) is 0 Å². The highest BCUT2D eigenvalue weighted by atomic mass is 32.2. The molecule has 2 atom stereocenters. The molecule has 0 saturated carbocycles. The van der Waals surface area contributed by atoms with Crippen LogP contribution < -0.4 is 9.64 Å². The molecule has 2 fully saturated rings. The standard InChI is InChI=1S/C21H29N3O6S/c1-15-9-16(2)12-22(11-15)20(25)13-24-18-10-17(3-4-19(18)30-14-21(24)26)31(27,28)23-5-7-29-8-6-23/h3-4,10,15-16H,5-9,11-14H2,1-2H3/t15-,16-/m1/s1. The zero-order chi connectivity index (χ0) is 22.2. The zero-order valence-electron chi connectivity index (χ0n) is 18.0. The Morgan fingerprint density at radius 1 is 1.13 bits per heavy atom. The lowest BCUT2D eigenvalue weighted by molar-refractivity contribution is -0.134. The number of anilines is 1. The number of hydrogen-bond acceptors (Lipinski definition) is 6. The van der Waals surface area contributed by atoms with Crippen molar-refractivity contribution in [3.8, 4) is 5.75 Å². The third kappa shape index (κ3) is 4.56. The molecule has 31 heavy (non-hydrogen) atoms. The number of piperidine rings is 1. The second-order valence-corrected chi connectivity index (χ2v) is 10.6. The molecule has 0 bridgehead atoms. The van der Waals surface area contributed by atoms with Crippen molar-refractivity contribution < 1.29 is 27.5 Å². The fraction of sp³-hybridized carbons (Fsp3) is 0.619. The van der Waals surface area contributed by atoms with Crippen LogP contribution in [0.4, 0.5) is 5.69 Å². The molecular weight excluding hydrogens is 422 g/mol. The van der Waals surface area contributed by atoms with Crippen molar-refractivity contribution in [1.29, 1.82) is 0 Å². The first-order chi connectivity index (χ1) is 14.8. The van der Waals surface area contributed by atoms with Crippen molar-refractivity contribution in [3.05, 3.63) is 18.2 Å². The van der Waals surface area contributed by atoms with Gasteiger partial charge in [-0.15, -0.1) is 0 Å². The Balaban J connectivity index is 1.59. The lowest BCUT2D eigenvalue weighted by Gasteiger charge is -2.37. The molecule has 1 aromatic carbocycles. The van der Waals surface area contributed by atoms with E-state index in [4.69, 9.17) is 9.47 Å². The maximum Gasteiger partial charge on any atom is 0.265 e. The first kappa shape index (κ1) is 22.0. The molecule has 1 aromatic rings. The average Bonchev–Trinajstić information content (AvgIpc) is 2.75. The van der Waals surface area contributed by atoms with Gasteiger partial charge in [-0.25, -0.2) is 8.42 Å². The maximum absolute atomic E-state index is 13.1. The number of carbonyl (C=O) groups is 2. The van der Waals surface area contributed by atoms with Gasteiger partial charge in [-0.3, -0.25) is 14.5 Å². The van der Waals surface area contributed by atoms with Gasteiger partial charge in [-0.1, -0.05) is 13.8 Å². The van der Waals surface area contributed by atoms with Crippen LogP contribution in [-0.2, 0) is 24.3 Å². The molecule has 4 rings (SSSR count). The Hall–Kier alpha value is -2.17. The monoisotopic (exact) mass is 451 g/mol. The van der Waals surface area contributed by atoms with E-state index < -0.39 is 10.0 Å². The summed E-state index contributed by atoms with van der Waals surface area (Å²) in [6, 6.07) is 4.47. The van der Waals surface area contributed by atoms with Crippen molar-refractivity contribution in [1.82, 2.24) is 9.21 Å². The molecule has 2 saturated heterocycles. The number of benzene rings is 1. The molecule has 0 aromatic heterocycles. The van der Waals surface area contributed by atoms with Crippen LogP contribution in [0.2, 0.25) is 0 Å². The number of morpholine rings is 1. The van der Waals surface area contributed by atoms with Crippen molar-refractivity contribution in [3.63, 3.8) is 0 Å². The van der Waals surface area contributed by atoms with Gasteiger partial charge in [0.1, 0.15) is 12.3 Å². The van der Waals surface area contributed by atoms with E-state index in [0.717, 1.165) is 6.42 Å². The fourth-order valence-corrected chi connectivity index (χ4v) is 5.98. The minimum atomic E-state index is -3.74. The Morgan fingerprint density at radius 3 is 2.48 bits per heavy atom. The predicted molar refractivity (Wildman–Crippen MR) is 113 cm³/mol. The quantitative estimate of drug-likeness (QED) is 0.676. The van der Waals surface area contributed by atoms with Gasteiger partial charge in [0.05, 0.1) is 23.8 Å². The topological polar surface area (TPSA) is 96.5 Å². The Morgan fingerprint density at radius 2 is 1.81 bits per heavy atom. The predicted octanol–water partition coefficient (Wildman–Crippen LogP) is 0.937. The third-order valence-electron chi connectivity index (χ3n) is 6.00. The highest BCUT2D eigenvalue weighted by Gasteiger charge is 2.34. The number of ether oxygens (including phenoxy) is 2. The smallest absolute Gasteiger partial charge is 0.265 e. The summed E-state index contributed by atoms with van der Waals surface area (Å²) >= 11 is 0. The molecule has 0 aliphatic carbocycles. The summed E-state index contributed by atoms with van der Waals surface area (Å²) in [5.74, 6) is 0.714. The van der Waals surface area contributed by atoms with Crippen LogP contribution in [0.3, 0.4) is 0 Å². The van der Waals surface area contributed by atoms with Gasteiger partial charge in [-0.2, -0.15) is 4.31 Å². The lowest BCUT2D eigenvalue weighted by Crippen LogP contribution is -2.50. The van der Waals surface area contributed by atoms with Crippen molar-refractivity contribution in [2.75, 3.05) is 57.4 Å². The second kappa shape index (κ2) is 8.76. The van der Waals surface area contributed by atoms with Gasteiger partial charge in [0.2, 0.25) is 15.9 Å². The summed E-state index contributed by atoms with van der Waals surface area (Å²) in [5, 5.41) is 0. The number of carbonyl (C=O) groups excluding carboxylic acids is 2. The number of amides is 2. The number of likely N-dealkylation sites (tertiary alicyclic amines) is 1. The van der Waals surface area contributed by atoms with Crippen LogP contribution >= 0.6 is 0 Å². The average molecular weight is 452 g/mol. The van der Waals surface area contributed by atoms with E-state index in [9.17, 15) is 18.0 Å². The molecule has 3 aliphatic heterocycles. The molecule has 0 unspecified atom stereocenters. The van der Waals surface area contributed by atoms with Gasteiger partial charge < -0.3 is 14.4 Å². The van der Waals surface area contributed by atoms with E-state index in [1.165, 1.54) is 21.3 Å².